The minimum absolute atomic E-state index is 0.0541. The van der Waals surface area contributed by atoms with E-state index in [1.807, 2.05) is 72.7 Å². The Morgan fingerprint density at radius 2 is 1.69 bits per heavy atom. The number of alkyl halides is 1. The lowest BCUT2D eigenvalue weighted by molar-refractivity contribution is 0.00578. The molecule has 2 heterocycles. The lowest BCUT2D eigenvalue weighted by Crippen LogP contribution is -2.46. The summed E-state index contributed by atoms with van der Waals surface area (Å²) in [4.78, 5) is 13.7. The zero-order valence-electron chi connectivity index (χ0n) is 18.6. The van der Waals surface area contributed by atoms with Crippen LogP contribution in [-0.2, 0) is 14.0 Å². The zero-order valence-corrected chi connectivity index (χ0v) is 18.6. The average molecular weight is 405 g/mol. The first-order valence-corrected chi connectivity index (χ1v) is 10.4. The van der Waals surface area contributed by atoms with E-state index in [-0.39, 0.29) is 12.5 Å². The number of amides is 1. The second kappa shape index (κ2) is 7.58. The summed E-state index contributed by atoms with van der Waals surface area (Å²) in [5.41, 5.74) is 0.489. The fourth-order valence-corrected chi connectivity index (χ4v) is 3.65. The molecule has 1 aromatic carbocycles. The molecule has 160 valence electrons. The van der Waals surface area contributed by atoms with Crippen LogP contribution < -0.4 is 5.46 Å². The molecule has 0 bridgehead atoms. The van der Waals surface area contributed by atoms with Crippen molar-refractivity contribution in [2.45, 2.75) is 83.8 Å². The van der Waals surface area contributed by atoms with Crippen LogP contribution in [-0.4, -0.2) is 54.2 Å². The van der Waals surface area contributed by atoms with Crippen LogP contribution in [0.1, 0.15) is 66.4 Å². The molecule has 2 atom stereocenters. The van der Waals surface area contributed by atoms with Gasteiger partial charge in [-0.1, -0.05) is 24.3 Å². The summed E-state index contributed by atoms with van der Waals surface area (Å²) >= 11 is 0. The van der Waals surface area contributed by atoms with Gasteiger partial charge in [-0.3, -0.25) is 0 Å². The van der Waals surface area contributed by atoms with Gasteiger partial charge in [-0.2, -0.15) is 0 Å². The molecule has 0 aliphatic carbocycles. The number of nitrogens with zero attached hydrogens (tertiary/aromatic N) is 1. The van der Waals surface area contributed by atoms with Crippen molar-refractivity contribution >= 4 is 18.7 Å². The van der Waals surface area contributed by atoms with Gasteiger partial charge in [0.25, 0.3) is 0 Å². The standard InChI is InChI=1S/C22H33BFNO4/c1-20(2,3)27-19(26)25-13-12-17(18(24)14-25)15-8-10-16(11-9-15)23-28-21(4,5)22(6,7)29-23/h8-11,17-18H,12-14H2,1-7H3/t17-,18+/m0/s1. The van der Waals surface area contributed by atoms with Crippen molar-refractivity contribution in [3.8, 4) is 0 Å². The first kappa shape index (κ1) is 22.1. The van der Waals surface area contributed by atoms with Crippen molar-refractivity contribution in [2.75, 3.05) is 13.1 Å². The Morgan fingerprint density at radius 1 is 1.14 bits per heavy atom. The molecule has 0 saturated carbocycles. The van der Waals surface area contributed by atoms with E-state index in [9.17, 15) is 9.18 Å². The molecular formula is C22H33BFNO4. The van der Waals surface area contributed by atoms with E-state index in [1.165, 1.54) is 4.90 Å². The summed E-state index contributed by atoms with van der Waals surface area (Å²) in [5, 5.41) is 0. The van der Waals surface area contributed by atoms with Crippen molar-refractivity contribution in [1.82, 2.24) is 4.90 Å². The first-order valence-electron chi connectivity index (χ1n) is 10.4. The topological polar surface area (TPSA) is 48.0 Å². The Balaban J connectivity index is 1.63. The number of likely N-dealkylation sites (tertiary alicyclic amines) is 1. The van der Waals surface area contributed by atoms with Crippen LogP contribution in [0.3, 0.4) is 0 Å². The largest absolute Gasteiger partial charge is 0.494 e. The second-order valence-corrected chi connectivity index (χ2v) is 10.1. The molecule has 0 unspecified atom stereocenters. The van der Waals surface area contributed by atoms with Crippen molar-refractivity contribution in [1.29, 1.82) is 0 Å². The quantitative estimate of drug-likeness (QED) is 0.697. The van der Waals surface area contributed by atoms with E-state index in [2.05, 4.69) is 0 Å². The molecule has 7 heteroatoms. The molecule has 0 radical (unpaired) electrons. The molecule has 2 aliphatic heterocycles. The molecular weight excluding hydrogens is 372 g/mol. The number of rotatable bonds is 2. The highest BCUT2D eigenvalue weighted by molar-refractivity contribution is 6.62. The Labute approximate surface area is 174 Å². The van der Waals surface area contributed by atoms with Gasteiger partial charge in [0.05, 0.1) is 17.7 Å². The highest BCUT2D eigenvalue weighted by atomic mass is 19.1. The molecule has 5 nitrogen and oxygen atoms in total. The maximum Gasteiger partial charge on any atom is 0.494 e. The molecule has 0 spiro atoms. The summed E-state index contributed by atoms with van der Waals surface area (Å²) in [6.07, 6.45) is -1.01. The van der Waals surface area contributed by atoms with Gasteiger partial charge < -0.3 is 18.9 Å². The van der Waals surface area contributed by atoms with Gasteiger partial charge in [-0.25, -0.2) is 9.18 Å². The van der Waals surface area contributed by atoms with E-state index in [4.69, 9.17) is 14.0 Å². The van der Waals surface area contributed by atoms with E-state index in [0.717, 1.165) is 11.0 Å². The van der Waals surface area contributed by atoms with E-state index < -0.39 is 36.2 Å². The van der Waals surface area contributed by atoms with Crippen LogP contribution >= 0.6 is 0 Å². The Kier molecular flexibility index (Phi) is 5.78. The van der Waals surface area contributed by atoms with Gasteiger partial charge >= 0.3 is 13.2 Å². The molecule has 0 N–H and O–H groups in total. The maximum atomic E-state index is 14.9. The third-order valence-corrected chi connectivity index (χ3v) is 6.08. The fraction of sp³-hybridized carbons (Fsp3) is 0.682. The van der Waals surface area contributed by atoms with Crippen LogP contribution in [0.2, 0.25) is 0 Å². The van der Waals surface area contributed by atoms with Gasteiger partial charge in [0.15, 0.2) is 0 Å². The van der Waals surface area contributed by atoms with Gasteiger partial charge in [-0.15, -0.1) is 0 Å². The lowest BCUT2D eigenvalue weighted by atomic mass is 9.77. The smallest absolute Gasteiger partial charge is 0.444 e. The number of piperidine rings is 1. The second-order valence-electron chi connectivity index (χ2n) is 10.1. The molecule has 2 aliphatic rings. The molecule has 29 heavy (non-hydrogen) atoms. The maximum absolute atomic E-state index is 14.9. The van der Waals surface area contributed by atoms with Crippen LogP contribution in [0.4, 0.5) is 9.18 Å². The number of carbonyl (C=O) groups is 1. The van der Waals surface area contributed by atoms with Gasteiger partial charge in [0, 0.05) is 12.5 Å². The van der Waals surface area contributed by atoms with Crippen LogP contribution in [0.25, 0.3) is 0 Å². The zero-order chi connectivity index (χ0) is 21.6. The number of benzene rings is 1. The summed E-state index contributed by atoms with van der Waals surface area (Å²) < 4.78 is 32.4. The highest BCUT2D eigenvalue weighted by Crippen LogP contribution is 2.37. The van der Waals surface area contributed by atoms with E-state index >= 15 is 0 Å². The Bertz CT molecular complexity index is 728. The van der Waals surface area contributed by atoms with Crippen molar-refractivity contribution in [2.24, 2.45) is 0 Å². The summed E-state index contributed by atoms with van der Waals surface area (Å²) in [6, 6.07) is 7.79. The molecule has 2 saturated heterocycles. The predicted octanol–water partition coefficient (Wildman–Crippen LogP) is 4.05. The number of halogens is 1. The third-order valence-electron chi connectivity index (χ3n) is 6.08. The van der Waals surface area contributed by atoms with Crippen LogP contribution in [0, 0.1) is 0 Å². The van der Waals surface area contributed by atoms with Gasteiger partial charge in [0.2, 0.25) is 0 Å². The molecule has 2 fully saturated rings. The van der Waals surface area contributed by atoms with E-state index in [1.54, 1.807) is 0 Å². The SMILES string of the molecule is CC(C)(C)OC(=O)N1CC[C@@H](c2ccc(B3OC(C)(C)C(C)(C)O3)cc2)[C@H](F)C1. The molecule has 1 aromatic rings. The summed E-state index contributed by atoms with van der Waals surface area (Å²) in [5.74, 6) is -0.235. The summed E-state index contributed by atoms with van der Waals surface area (Å²) in [6.45, 7) is 14.1. The molecule has 1 amide bonds. The third kappa shape index (κ3) is 4.77. The monoisotopic (exact) mass is 405 g/mol. The van der Waals surface area contributed by atoms with Gasteiger partial charge in [0.1, 0.15) is 11.8 Å². The van der Waals surface area contributed by atoms with Gasteiger partial charge in [-0.05, 0) is 65.9 Å². The van der Waals surface area contributed by atoms with Crippen molar-refractivity contribution in [3.05, 3.63) is 29.8 Å². The van der Waals surface area contributed by atoms with Crippen molar-refractivity contribution < 1.29 is 23.2 Å². The summed E-state index contributed by atoms with van der Waals surface area (Å²) in [7, 11) is -0.427. The Hall–Kier alpha value is -1.60. The Morgan fingerprint density at radius 3 is 2.17 bits per heavy atom. The van der Waals surface area contributed by atoms with Crippen molar-refractivity contribution in [3.63, 3.8) is 0 Å². The fourth-order valence-electron chi connectivity index (χ4n) is 3.65. The highest BCUT2D eigenvalue weighted by Gasteiger charge is 2.51. The number of hydrogen-bond donors (Lipinski definition) is 0. The molecule has 3 rings (SSSR count). The predicted molar refractivity (Wildman–Crippen MR) is 112 cm³/mol. The van der Waals surface area contributed by atoms with Crippen LogP contribution in [0.15, 0.2) is 24.3 Å². The minimum Gasteiger partial charge on any atom is -0.444 e. The normalized spacial score (nSPS) is 26.5. The van der Waals surface area contributed by atoms with Crippen LogP contribution in [0.5, 0.6) is 0 Å². The minimum atomic E-state index is -1.13. The molecule has 0 aromatic heterocycles. The number of ether oxygens (including phenoxy) is 1. The lowest BCUT2D eigenvalue weighted by Gasteiger charge is -2.35. The first-order chi connectivity index (χ1) is 13.3. The number of carbonyl (C=O) groups excluding carboxylic acids is 1. The number of hydrogen-bond acceptors (Lipinski definition) is 4. The average Bonchev–Trinajstić information content (AvgIpc) is 2.81. The van der Waals surface area contributed by atoms with E-state index in [0.29, 0.717) is 13.0 Å².